The van der Waals surface area contributed by atoms with Gasteiger partial charge in [0.05, 0.1) is 18.9 Å². The van der Waals surface area contributed by atoms with Gasteiger partial charge in [-0.15, -0.1) is 12.6 Å². The Bertz CT molecular complexity index is 431. The first-order chi connectivity index (χ1) is 8.22. The first kappa shape index (κ1) is 12.3. The molecular weight excluding hydrogens is 239 g/mol. The zero-order valence-corrected chi connectivity index (χ0v) is 10.3. The van der Waals surface area contributed by atoms with Crippen molar-refractivity contribution in [1.82, 2.24) is 0 Å². The van der Waals surface area contributed by atoms with Crippen LogP contribution in [0.5, 0.6) is 0 Å². The van der Waals surface area contributed by atoms with Gasteiger partial charge in [-0.05, 0) is 23.6 Å². The summed E-state index contributed by atoms with van der Waals surface area (Å²) in [4.78, 5) is 1.97. The minimum atomic E-state index is -0.234. The van der Waals surface area contributed by atoms with Crippen molar-refractivity contribution in [2.45, 2.75) is 0 Å². The molecule has 1 saturated heterocycles. The average Bonchev–Trinajstić information content (AvgIpc) is 2.39. The van der Waals surface area contributed by atoms with Crippen LogP contribution in [0.1, 0.15) is 5.56 Å². The lowest BCUT2D eigenvalue weighted by Gasteiger charge is -2.29. The third kappa shape index (κ3) is 2.73. The van der Waals surface area contributed by atoms with Crippen LogP contribution in [0.15, 0.2) is 23.6 Å². The number of hydrogen-bond acceptors (Lipinski definition) is 4. The molecule has 1 fully saturated rings. The molecule has 17 heavy (non-hydrogen) atoms. The molecule has 0 radical (unpaired) electrons. The van der Waals surface area contributed by atoms with Crippen LogP contribution >= 0.6 is 12.6 Å². The Morgan fingerprint density at radius 3 is 2.76 bits per heavy atom. The van der Waals surface area contributed by atoms with Gasteiger partial charge in [-0.1, -0.05) is 0 Å². The van der Waals surface area contributed by atoms with Gasteiger partial charge in [-0.25, -0.2) is 4.39 Å². The number of halogens is 1. The van der Waals surface area contributed by atoms with Gasteiger partial charge in [0.2, 0.25) is 0 Å². The van der Waals surface area contributed by atoms with Crippen LogP contribution in [0, 0.1) is 5.82 Å². The predicted molar refractivity (Wildman–Crippen MR) is 70.6 cm³/mol. The Morgan fingerprint density at radius 1 is 1.41 bits per heavy atom. The van der Waals surface area contributed by atoms with Crippen molar-refractivity contribution in [3.05, 3.63) is 35.0 Å². The van der Waals surface area contributed by atoms with Crippen LogP contribution in [0.2, 0.25) is 0 Å². The zero-order valence-electron chi connectivity index (χ0n) is 9.40. The van der Waals surface area contributed by atoms with Gasteiger partial charge in [-0.3, -0.25) is 0 Å². The lowest BCUT2D eigenvalue weighted by atomic mass is 10.1. The molecule has 92 valence electrons. The number of morpholine rings is 1. The van der Waals surface area contributed by atoms with Crippen molar-refractivity contribution in [2.75, 3.05) is 31.2 Å². The lowest BCUT2D eigenvalue weighted by Crippen LogP contribution is -2.36. The van der Waals surface area contributed by atoms with Crippen molar-refractivity contribution in [3.8, 4) is 0 Å². The highest BCUT2D eigenvalue weighted by atomic mass is 32.1. The number of nitrogens with two attached hydrogens (primary N) is 1. The Balaban J connectivity index is 2.31. The van der Waals surface area contributed by atoms with E-state index in [0.717, 1.165) is 5.56 Å². The minimum absolute atomic E-state index is 0.234. The number of nitrogens with zero attached hydrogens (tertiary/aromatic N) is 1. The molecule has 1 aliphatic rings. The molecule has 0 saturated carbocycles. The van der Waals surface area contributed by atoms with E-state index in [9.17, 15) is 4.39 Å². The molecule has 0 atom stereocenters. The molecule has 0 unspecified atom stereocenters. The van der Waals surface area contributed by atoms with Crippen LogP contribution < -0.4 is 10.6 Å². The third-order valence-electron chi connectivity index (χ3n) is 2.77. The maximum Gasteiger partial charge on any atom is 0.146 e. The molecule has 3 nitrogen and oxygen atoms in total. The maximum absolute atomic E-state index is 13.8. The van der Waals surface area contributed by atoms with E-state index in [4.69, 9.17) is 10.5 Å². The summed E-state index contributed by atoms with van der Waals surface area (Å²) in [5.41, 5.74) is 7.65. The number of anilines is 1. The Kier molecular flexibility index (Phi) is 3.91. The smallest absolute Gasteiger partial charge is 0.146 e. The Labute approximate surface area is 105 Å². The van der Waals surface area contributed by atoms with E-state index in [-0.39, 0.29) is 5.82 Å². The first-order valence-electron chi connectivity index (χ1n) is 5.45. The molecule has 1 heterocycles. The average molecular weight is 254 g/mol. The fraction of sp³-hybridized carbons (Fsp3) is 0.333. The van der Waals surface area contributed by atoms with Crippen molar-refractivity contribution in [1.29, 1.82) is 0 Å². The van der Waals surface area contributed by atoms with E-state index in [1.807, 2.05) is 4.90 Å². The van der Waals surface area contributed by atoms with E-state index < -0.39 is 0 Å². The highest BCUT2D eigenvalue weighted by Gasteiger charge is 2.15. The molecule has 1 aromatic carbocycles. The third-order valence-corrected chi connectivity index (χ3v) is 3.05. The second-order valence-corrected chi connectivity index (χ2v) is 4.11. The summed E-state index contributed by atoms with van der Waals surface area (Å²) in [5, 5.41) is 1.51. The lowest BCUT2D eigenvalue weighted by molar-refractivity contribution is 0.122. The van der Waals surface area contributed by atoms with E-state index in [1.165, 1.54) is 11.5 Å². The van der Waals surface area contributed by atoms with Gasteiger partial charge in [0.1, 0.15) is 5.82 Å². The van der Waals surface area contributed by atoms with Crippen molar-refractivity contribution >= 4 is 24.0 Å². The summed E-state index contributed by atoms with van der Waals surface area (Å²) in [6.07, 6.45) is 0. The molecule has 1 aromatic rings. The highest BCUT2D eigenvalue weighted by Crippen LogP contribution is 2.24. The number of ether oxygens (including phenoxy) is 1. The molecule has 0 aliphatic carbocycles. The maximum atomic E-state index is 13.8. The normalized spacial score (nSPS) is 17.3. The molecule has 5 heteroatoms. The summed E-state index contributed by atoms with van der Waals surface area (Å²) in [7, 11) is 0. The molecule has 2 N–H and O–H groups in total. The quantitative estimate of drug-likeness (QED) is 0.791. The van der Waals surface area contributed by atoms with Gasteiger partial charge in [0.25, 0.3) is 0 Å². The Hall–Kier alpha value is -1.20. The summed E-state index contributed by atoms with van der Waals surface area (Å²) >= 11 is 4.00. The minimum Gasteiger partial charge on any atom is -0.398 e. The number of hydrogen-bond donors (Lipinski definition) is 2. The number of benzene rings is 1. The molecule has 0 amide bonds. The monoisotopic (exact) mass is 254 g/mol. The molecule has 1 aliphatic heterocycles. The summed E-state index contributed by atoms with van der Waals surface area (Å²) < 4.78 is 19.0. The largest absolute Gasteiger partial charge is 0.398 e. The predicted octanol–water partition coefficient (Wildman–Crippen LogP) is 1.85. The number of rotatable bonds is 2. The van der Waals surface area contributed by atoms with Gasteiger partial charge in [0.15, 0.2) is 0 Å². The van der Waals surface area contributed by atoms with Gasteiger partial charge in [-0.2, -0.15) is 0 Å². The second kappa shape index (κ2) is 5.42. The second-order valence-electron chi connectivity index (χ2n) is 3.85. The van der Waals surface area contributed by atoms with Crippen LogP contribution in [-0.2, 0) is 4.74 Å². The Morgan fingerprint density at radius 2 is 2.12 bits per heavy atom. The standard InChI is InChI=1S/C12H15FN2OS/c13-10-2-1-9(11(14)8-17)7-12(10)15-3-5-16-6-4-15/h1-2,7-8,17H,3-6,14H2/b11-8-. The topological polar surface area (TPSA) is 38.5 Å². The van der Waals surface area contributed by atoms with Crippen LogP contribution in [0.3, 0.4) is 0 Å². The van der Waals surface area contributed by atoms with Gasteiger partial charge in [0, 0.05) is 24.4 Å². The summed E-state index contributed by atoms with van der Waals surface area (Å²) in [6.45, 7) is 2.65. The van der Waals surface area contributed by atoms with E-state index >= 15 is 0 Å². The molecule has 0 bridgehead atoms. The van der Waals surface area contributed by atoms with E-state index in [2.05, 4.69) is 12.6 Å². The van der Waals surface area contributed by atoms with Gasteiger partial charge >= 0.3 is 0 Å². The number of thiol groups is 1. The molecular formula is C12H15FN2OS. The van der Waals surface area contributed by atoms with E-state index in [0.29, 0.717) is 37.7 Å². The first-order valence-corrected chi connectivity index (χ1v) is 5.96. The molecule has 0 spiro atoms. The van der Waals surface area contributed by atoms with Crippen LogP contribution in [-0.4, -0.2) is 26.3 Å². The van der Waals surface area contributed by atoms with E-state index in [1.54, 1.807) is 12.1 Å². The SMILES string of the molecule is N/C(=C\S)c1ccc(F)c(N2CCOCC2)c1. The van der Waals surface area contributed by atoms with Crippen molar-refractivity contribution in [2.24, 2.45) is 5.73 Å². The van der Waals surface area contributed by atoms with Crippen molar-refractivity contribution < 1.29 is 9.13 Å². The van der Waals surface area contributed by atoms with Crippen LogP contribution in [0.25, 0.3) is 5.70 Å². The fourth-order valence-electron chi connectivity index (χ4n) is 1.81. The highest BCUT2D eigenvalue weighted by molar-refractivity contribution is 7.83. The summed E-state index contributed by atoms with van der Waals surface area (Å²) in [6, 6.07) is 4.84. The van der Waals surface area contributed by atoms with Crippen LogP contribution in [0.4, 0.5) is 10.1 Å². The summed E-state index contributed by atoms with van der Waals surface area (Å²) in [5.74, 6) is -0.234. The van der Waals surface area contributed by atoms with Crippen molar-refractivity contribution in [3.63, 3.8) is 0 Å². The zero-order chi connectivity index (χ0) is 12.3. The molecule has 2 rings (SSSR count). The fourth-order valence-corrected chi connectivity index (χ4v) is 1.96. The molecule has 0 aromatic heterocycles. The van der Waals surface area contributed by atoms with Gasteiger partial charge < -0.3 is 15.4 Å².